The van der Waals surface area contributed by atoms with Crippen LogP contribution in [-0.4, -0.2) is 42.5 Å². The van der Waals surface area contributed by atoms with E-state index in [0.29, 0.717) is 47.5 Å². The summed E-state index contributed by atoms with van der Waals surface area (Å²) in [5.41, 5.74) is 3.26. The first-order valence-electron chi connectivity index (χ1n) is 9.61. The van der Waals surface area contributed by atoms with Crippen LogP contribution in [0.4, 0.5) is 0 Å². The van der Waals surface area contributed by atoms with E-state index in [-0.39, 0.29) is 17.4 Å². The fourth-order valence-corrected chi connectivity index (χ4v) is 3.81. The van der Waals surface area contributed by atoms with Crippen molar-refractivity contribution in [3.63, 3.8) is 0 Å². The molecule has 2 aromatic heterocycles. The molecular formula is C23H18N4O3. The number of fused-ring (bicyclic) bond motifs is 2. The maximum absolute atomic E-state index is 13.5. The van der Waals surface area contributed by atoms with Gasteiger partial charge in [0.05, 0.1) is 5.52 Å². The second kappa shape index (κ2) is 7.11. The third-order valence-electron chi connectivity index (χ3n) is 5.36. The van der Waals surface area contributed by atoms with Gasteiger partial charge in [0.2, 0.25) is 0 Å². The number of rotatable bonds is 2. The third-order valence-corrected chi connectivity index (χ3v) is 5.36. The molecule has 148 valence electrons. The van der Waals surface area contributed by atoms with Crippen LogP contribution in [0.2, 0.25) is 0 Å². The molecular weight excluding hydrogens is 380 g/mol. The molecule has 0 aliphatic carbocycles. The van der Waals surface area contributed by atoms with Crippen LogP contribution in [0, 0.1) is 0 Å². The van der Waals surface area contributed by atoms with E-state index in [9.17, 15) is 15.0 Å². The molecule has 4 aromatic rings. The SMILES string of the molecule is O=C(c1nc(-c2cccnc2)nc2ccccc12)N1CCc2c(ccc(O)c2O)C1. The first kappa shape index (κ1) is 18.1. The quantitative estimate of drug-likeness (QED) is 0.503. The average Bonchev–Trinajstić information content (AvgIpc) is 2.80. The van der Waals surface area contributed by atoms with Gasteiger partial charge in [-0.2, -0.15) is 0 Å². The number of pyridine rings is 1. The van der Waals surface area contributed by atoms with E-state index in [0.717, 1.165) is 11.1 Å². The van der Waals surface area contributed by atoms with Crippen molar-refractivity contribution in [1.82, 2.24) is 19.9 Å². The van der Waals surface area contributed by atoms with E-state index in [1.54, 1.807) is 29.4 Å². The first-order valence-corrected chi connectivity index (χ1v) is 9.61. The maximum atomic E-state index is 13.5. The minimum absolute atomic E-state index is 0.106. The van der Waals surface area contributed by atoms with Gasteiger partial charge in [-0.05, 0) is 36.2 Å². The summed E-state index contributed by atoms with van der Waals surface area (Å²) < 4.78 is 0. The van der Waals surface area contributed by atoms with Gasteiger partial charge in [0.25, 0.3) is 5.91 Å². The Kier molecular flexibility index (Phi) is 4.28. The summed E-state index contributed by atoms with van der Waals surface area (Å²) in [5.74, 6) is 0.00413. The second-order valence-corrected chi connectivity index (χ2v) is 7.20. The lowest BCUT2D eigenvalue weighted by molar-refractivity contribution is 0.0730. The maximum Gasteiger partial charge on any atom is 0.273 e. The van der Waals surface area contributed by atoms with Crippen molar-refractivity contribution >= 4 is 16.8 Å². The van der Waals surface area contributed by atoms with Crippen molar-refractivity contribution in [3.8, 4) is 22.9 Å². The molecule has 7 heteroatoms. The Morgan fingerprint density at radius 3 is 2.70 bits per heavy atom. The van der Waals surface area contributed by atoms with Crippen molar-refractivity contribution in [1.29, 1.82) is 0 Å². The first-order chi connectivity index (χ1) is 14.6. The molecule has 1 amide bonds. The number of phenols is 2. The van der Waals surface area contributed by atoms with Gasteiger partial charge in [0, 0.05) is 42.0 Å². The molecule has 0 unspecified atom stereocenters. The molecule has 0 atom stereocenters. The minimum Gasteiger partial charge on any atom is -0.504 e. The van der Waals surface area contributed by atoms with Gasteiger partial charge in [-0.1, -0.05) is 24.3 Å². The molecule has 0 saturated carbocycles. The summed E-state index contributed by atoms with van der Waals surface area (Å²) in [4.78, 5) is 28.5. The predicted molar refractivity (Wildman–Crippen MR) is 111 cm³/mol. The van der Waals surface area contributed by atoms with Crippen molar-refractivity contribution in [2.24, 2.45) is 0 Å². The Hall–Kier alpha value is -4.00. The molecule has 0 bridgehead atoms. The molecule has 30 heavy (non-hydrogen) atoms. The number of aromatic hydroxyl groups is 2. The molecule has 3 heterocycles. The van der Waals surface area contributed by atoms with Crippen molar-refractivity contribution in [3.05, 3.63) is 77.7 Å². The summed E-state index contributed by atoms with van der Waals surface area (Å²) in [6.07, 6.45) is 3.81. The van der Waals surface area contributed by atoms with Crippen molar-refractivity contribution in [2.45, 2.75) is 13.0 Å². The molecule has 5 rings (SSSR count). The van der Waals surface area contributed by atoms with E-state index >= 15 is 0 Å². The number of hydrogen-bond donors (Lipinski definition) is 2. The lowest BCUT2D eigenvalue weighted by Crippen LogP contribution is -2.36. The van der Waals surface area contributed by atoms with Crippen molar-refractivity contribution in [2.75, 3.05) is 6.54 Å². The Morgan fingerprint density at radius 2 is 1.87 bits per heavy atom. The Balaban J connectivity index is 1.57. The topological polar surface area (TPSA) is 99.4 Å². The van der Waals surface area contributed by atoms with Crippen LogP contribution in [0.1, 0.15) is 21.6 Å². The number of hydrogen-bond acceptors (Lipinski definition) is 6. The van der Waals surface area contributed by atoms with Crippen LogP contribution in [0.15, 0.2) is 60.9 Å². The van der Waals surface area contributed by atoms with Gasteiger partial charge in [0.15, 0.2) is 17.3 Å². The summed E-state index contributed by atoms with van der Waals surface area (Å²) in [6.45, 7) is 0.756. The Morgan fingerprint density at radius 1 is 1.00 bits per heavy atom. The van der Waals surface area contributed by atoms with Crippen LogP contribution in [0.5, 0.6) is 11.5 Å². The number of phenolic OH excluding ortho intramolecular Hbond substituents is 2. The highest BCUT2D eigenvalue weighted by atomic mass is 16.3. The zero-order valence-electron chi connectivity index (χ0n) is 16.0. The highest BCUT2D eigenvalue weighted by molar-refractivity contribution is 6.05. The predicted octanol–water partition coefficient (Wildman–Crippen LogP) is 3.30. The highest BCUT2D eigenvalue weighted by Crippen LogP contribution is 2.35. The second-order valence-electron chi connectivity index (χ2n) is 7.20. The van der Waals surface area contributed by atoms with Gasteiger partial charge in [-0.15, -0.1) is 0 Å². The van der Waals surface area contributed by atoms with Gasteiger partial charge in [-0.25, -0.2) is 9.97 Å². The fraction of sp³-hybridized carbons (Fsp3) is 0.130. The molecule has 0 spiro atoms. The Bertz CT molecular complexity index is 1270. The van der Waals surface area contributed by atoms with Crippen LogP contribution < -0.4 is 0 Å². The zero-order chi connectivity index (χ0) is 20.7. The fourth-order valence-electron chi connectivity index (χ4n) is 3.81. The zero-order valence-corrected chi connectivity index (χ0v) is 16.0. The van der Waals surface area contributed by atoms with E-state index in [4.69, 9.17) is 0 Å². The lowest BCUT2D eigenvalue weighted by Gasteiger charge is -2.29. The monoisotopic (exact) mass is 398 g/mol. The number of para-hydroxylation sites is 1. The molecule has 2 aromatic carbocycles. The third kappa shape index (κ3) is 3.00. The van der Waals surface area contributed by atoms with E-state index < -0.39 is 0 Å². The highest BCUT2D eigenvalue weighted by Gasteiger charge is 2.27. The normalized spacial score (nSPS) is 13.3. The van der Waals surface area contributed by atoms with E-state index in [1.807, 2.05) is 30.3 Å². The summed E-state index contributed by atoms with van der Waals surface area (Å²) in [5, 5.41) is 20.5. The minimum atomic E-state index is -0.197. The summed E-state index contributed by atoms with van der Waals surface area (Å²) in [7, 11) is 0. The summed E-state index contributed by atoms with van der Waals surface area (Å²) in [6, 6.07) is 14.3. The molecule has 1 aliphatic heterocycles. The average molecular weight is 398 g/mol. The molecule has 7 nitrogen and oxygen atoms in total. The van der Waals surface area contributed by atoms with Crippen LogP contribution in [0.3, 0.4) is 0 Å². The number of carbonyl (C=O) groups is 1. The molecule has 0 fully saturated rings. The number of carbonyl (C=O) groups excluding carboxylic acids is 1. The van der Waals surface area contributed by atoms with Crippen LogP contribution >= 0.6 is 0 Å². The molecule has 2 N–H and O–H groups in total. The van der Waals surface area contributed by atoms with E-state index in [2.05, 4.69) is 15.0 Å². The standard InChI is InChI=1S/C23H18N4O3/c28-19-8-7-15-13-27(11-9-16(15)21(19)29)23(30)20-17-5-1-2-6-18(17)25-22(26-20)14-4-3-10-24-12-14/h1-8,10,12,28-29H,9,11,13H2. The van der Waals surface area contributed by atoms with Gasteiger partial charge in [-0.3, -0.25) is 9.78 Å². The lowest BCUT2D eigenvalue weighted by atomic mass is 9.97. The summed E-state index contributed by atoms with van der Waals surface area (Å²) >= 11 is 0. The number of benzene rings is 2. The number of aromatic nitrogens is 3. The molecule has 0 saturated heterocycles. The number of amides is 1. The molecule has 1 aliphatic rings. The van der Waals surface area contributed by atoms with Gasteiger partial charge in [0.1, 0.15) is 5.69 Å². The molecule has 0 radical (unpaired) electrons. The van der Waals surface area contributed by atoms with Crippen molar-refractivity contribution < 1.29 is 15.0 Å². The van der Waals surface area contributed by atoms with E-state index in [1.165, 1.54) is 6.07 Å². The van der Waals surface area contributed by atoms with Crippen LogP contribution in [0.25, 0.3) is 22.3 Å². The van der Waals surface area contributed by atoms with Gasteiger partial charge < -0.3 is 15.1 Å². The largest absolute Gasteiger partial charge is 0.504 e. The smallest absolute Gasteiger partial charge is 0.273 e. The Labute approximate surface area is 172 Å². The van der Waals surface area contributed by atoms with Gasteiger partial charge >= 0.3 is 0 Å². The van der Waals surface area contributed by atoms with Crippen LogP contribution in [-0.2, 0) is 13.0 Å². The number of nitrogens with zero attached hydrogens (tertiary/aromatic N) is 4.